The van der Waals surface area contributed by atoms with Gasteiger partial charge in [0.1, 0.15) is 5.60 Å². The summed E-state index contributed by atoms with van der Waals surface area (Å²) in [6.07, 6.45) is 2.75. The number of esters is 1. The highest BCUT2D eigenvalue weighted by atomic mass is 32.2. The minimum absolute atomic E-state index is 0.175. The van der Waals surface area contributed by atoms with Crippen molar-refractivity contribution in [3.63, 3.8) is 0 Å². The van der Waals surface area contributed by atoms with Gasteiger partial charge in [0.15, 0.2) is 9.84 Å². The summed E-state index contributed by atoms with van der Waals surface area (Å²) in [5.74, 6) is -0.387. The second-order valence-corrected chi connectivity index (χ2v) is 10.4. The van der Waals surface area contributed by atoms with E-state index in [-0.39, 0.29) is 27.8 Å². The molecule has 1 N–H and O–H groups in total. The van der Waals surface area contributed by atoms with Crippen molar-refractivity contribution in [2.45, 2.75) is 62.6 Å². The Hall–Kier alpha value is -0.620. The molecule has 0 saturated carbocycles. The summed E-state index contributed by atoms with van der Waals surface area (Å²) in [5, 5.41) is 2.80. The normalized spacial score (nSPS) is 41.4. The van der Waals surface area contributed by atoms with Crippen LogP contribution < -0.4 is 5.32 Å². The Morgan fingerprint density at radius 3 is 2.29 bits per heavy atom. The molecular formula is C15H25NO4S. The van der Waals surface area contributed by atoms with Crippen molar-refractivity contribution in [2.24, 2.45) is 11.3 Å². The molecule has 0 aromatic heterocycles. The van der Waals surface area contributed by atoms with Gasteiger partial charge in [-0.25, -0.2) is 8.42 Å². The molecule has 3 rings (SSSR count). The third-order valence-electron chi connectivity index (χ3n) is 5.26. The van der Waals surface area contributed by atoms with Crippen LogP contribution in [-0.4, -0.2) is 43.6 Å². The van der Waals surface area contributed by atoms with E-state index in [4.69, 9.17) is 4.74 Å². The predicted octanol–water partition coefficient (Wildman–Crippen LogP) is 1.27. The average molecular weight is 315 g/mol. The zero-order valence-corrected chi connectivity index (χ0v) is 13.8. The van der Waals surface area contributed by atoms with Crippen LogP contribution in [0.1, 0.15) is 46.5 Å². The quantitative estimate of drug-likeness (QED) is 0.738. The van der Waals surface area contributed by atoms with E-state index < -0.39 is 15.4 Å². The number of hydrogen-bond donors (Lipinski definition) is 1. The van der Waals surface area contributed by atoms with Crippen molar-refractivity contribution in [3.8, 4) is 0 Å². The lowest BCUT2D eigenvalue weighted by molar-refractivity contribution is -0.163. The zero-order chi connectivity index (χ0) is 15.5. The van der Waals surface area contributed by atoms with Crippen molar-refractivity contribution < 1.29 is 17.9 Å². The molecule has 0 radical (unpaired) electrons. The molecule has 0 aromatic carbocycles. The van der Waals surface area contributed by atoms with E-state index in [1.54, 1.807) is 0 Å². The SMILES string of the molecule is CC(C)(C)OC(=O)C1CNCC12CC1CCC(C2)S1(=O)=O. The fourth-order valence-corrected chi connectivity index (χ4v) is 6.94. The van der Waals surface area contributed by atoms with E-state index in [0.29, 0.717) is 19.4 Å². The van der Waals surface area contributed by atoms with Crippen molar-refractivity contribution >= 4 is 15.8 Å². The third-order valence-corrected chi connectivity index (χ3v) is 7.93. The summed E-state index contributed by atoms with van der Waals surface area (Å²) < 4.78 is 30.1. The van der Waals surface area contributed by atoms with Crippen molar-refractivity contribution in [2.75, 3.05) is 13.1 Å². The molecule has 21 heavy (non-hydrogen) atoms. The van der Waals surface area contributed by atoms with Gasteiger partial charge in [0.25, 0.3) is 0 Å². The van der Waals surface area contributed by atoms with Crippen molar-refractivity contribution in [1.29, 1.82) is 0 Å². The van der Waals surface area contributed by atoms with E-state index in [2.05, 4.69) is 5.32 Å². The monoisotopic (exact) mass is 315 g/mol. The molecular weight excluding hydrogens is 290 g/mol. The zero-order valence-electron chi connectivity index (χ0n) is 13.0. The topological polar surface area (TPSA) is 72.5 Å². The van der Waals surface area contributed by atoms with Gasteiger partial charge in [-0.15, -0.1) is 0 Å². The maximum Gasteiger partial charge on any atom is 0.311 e. The second-order valence-electron chi connectivity index (χ2n) is 7.90. The molecule has 0 aromatic rings. The highest BCUT2D eigenvalue weighted by molar-refractivity contribution is 7.93. The number of rotatable bonds is 1. The first kappa shape index (κ1) is 15.3. The Kier molecular flexibility index (Phi) is 3.41. The smallest absolute Gasteiger partial charge is 0.311 e. The number of fused-ring (bicyclic) bond motifs is 2. The molecule has 3 saturated heterocycles. The Morgan fingerprint density at radius 1 is 1.19 bits per heavy atom. The van der Waals surface area contributed by atoms with Crippen LogP contribution in [0, 0.1) is 11.3 Å². The lowest BCUT2D eigenvalue weighted by atomic mass is 9.71. The number of nitrogens with one attached hydrogen (secondary N) is 1. The lowest BCUT2D eigenvalue weighted by Crippen LogP contribution is -2.47. The van der Waals surface area contributed by atoms with Crippen LogP contribution in [-0.2, 0) is 19.4 Å². The van der Waals surface area contributed by atoms with Crippen molar-refractivity contribution in [1.82, 2.24) is 5.32 Å². The van der Waals surface area contributed by atoms with Crippen molar-refractivity contribution in [3.05, 3.63) is 0 Å². The molecule has 3 aliphatic rings. The molecule has 120 valence electrons. The molecule has 0 amide bonds. The standard InChI is InChI=1S/C15H25NO4S/c1-14(2,3)20-13(17)12-8-16-9-15(12)6-10-4-5-11(7-15)21(10,18)19/h10-12,16H,4-9H2,1-3H3. The van der Waals surface area contributed by atoms with Gasteiger partial charge in [-0.3, -0.25) is 4.79 Å². The van der Waals surface area contributed by atoms with Gasteiger partial charge >= 0.3 is 5.97 Å². The van der Waals surface area contributed by atoms with Gasteiger partial charge in [0, 0.05) is 13.1 Å². The Morgan fingerprint density at radius 2 is 1.76 bits per heavy atom. The molecule has 3 heterocycles. The Bertz CT molecular complexity index is 529. The van der Waals surface area contributed by atoms with Crippen LogP contribution in [0.15, 0.2) is 0 Å². The lowest BCUT2D eigenvalue weighted by Gasteiger charge is -2.40. The van der Waals surface area contributed by atoms with Crippen LogP contribution in [0.2, 0.25) is 0 Å². The van der Waals surface area contributed by atoms with Gasteiger partial charge in [0.05, 0.1) is 16.4 Å². The summed E-state index contributed by atoms with van der Waals surface area (Å²) in [7, 11) is -2.96. The van der Waals surface area contributed by atoms with E-state index in [9.17, 15) is 13.2 Å². The Balaban J connectivity index is 1.83. The molecule has 0 aliphatic carbocycles. The van der Waals surface area contributed by atoms with Gasteiger partial charge in [0.2, 0.25) is 0 Å². The maximum atomic E-state index is 12.5. The molecule has 1 spiro atoms. The van der Waals surface area contributed by atoms with Gasteiger partial charge in [-0.05, 0) is 51.9 Å². The fourth-order valence-electron chi connectivity index (χ4n) is 4.34. The minimum atomic E-state index is -2.96. The van der Waals surface area contributed by atoms with Crippen LogP contribution in [0.25, 0.3) is 0 Å². The second kappa shape index (κ2) is 4.69. The average Bonchev–Trinajstić information content (AvgIpc) is 2.73. The summed E-state index contributed by atoms with van der Waals surface area (Å²) in [5.41, 5.74) is -0.722. The summed E-state index contributed by atoms with van der Waals surface area (Å²) in [6, 6.07) is 0. The van der Waals surface area contributed by atoms with Crippen LogP contribution in [0.4, 0.5) is 0 Å². The highest BCUT2D eigenvalue weighted by Crippen LogP contribution is 2.52. The molecule has 3 unspecified atom stereocenters. The van der Waals surface area contributed by atoms with Gasteiger partial charge < -0.3 is 10.1 Å². The number of carbonyl (C=O) groups is 1. The van der Waals surface area contributed by atoms with Gasteiger partial charge in [-0.1, -0.05) is 0 Å². The number of hydrogen-bond acceptors (Lipinski definition) is 5. The first-order chi connectivity index (χ1) is 9.64. The van der Waals surface area contributed by atoms with E-state index in [0.717, 1.165) is 19.4 Å². The fraction of sp³-hybridized carbons (Fsp3) is 0.933. The highest BCUT2D eigenvalue weighted by Gasteiger charge is 2.59. The van der Waals surface area contributed by atoms with Crippen LogP contribution in [0.5, 0.6) is 0 Å². The summed E-state index contributed by atoms with van der Waals surface area (Å²) in [6.45, 7) is 6.95. The third kappa shape index (κ3) is 2.50. The molecule has 5 nitrogen and oxygen atoms in total. The minimum Gasteiger partial charge on any atom is -0.460 e. The van der Waals surface area contributed by atoms with Crippen LogP contribution in [0.3, 0.4) is 0 Å². The predicted molar refractivity (Wildman–Crippen MR) is 79.6 cm³/mol. The number of ether oxygens (including phenoxy) is 1. The van der Waals surface area contributed by atoms with Gasteiger partial charge in [-0.2, -0.15) is 0 Å². The molecule has 3 aliphatic heterocycles. The largest absolute Gasteiger partial charge is 0.460 e. The molecule has 6 heteroatoms. The first-order valence-electron chi connectivity index (χ1n) is 7.80. The Labute approximate surface area is 126 Å². The summed E-state index contributed by atoms with van der Waals surface area (Å²) >= 11 is 0. The van der Waals surface area contributed by atoms with E-state index in [1.165, 1.54) is 0 Å². The molecule has 2 bridgehead atoms. The van der Waals surface area contributed by atoms with E-state index >= 15 is 0 Å². The molecule has 3 atom stereocenters. The van der Waals surface area contributed by atoms with Crippen LogP contribution >= 0.6 is 0 Å². The summed E-state index contributed by atoms with van der Waals surface area (Å²) in [4.78, 5) is 12.5. The molecule has 3 fully saturated rings. The first-order valence-corrected chi connectivity index (χ1v) is 9.41. The van der Waals surface area contributed by atoms with E-state index in [1.807, 2.05) is 20.8 Å². The maximum absolute atomic E-state index is 12.5. The number of sulfone groups is 1. The number of carbonyl (C=O) groups excluding carboxylic acids is 1.